The van der Waals surface area contributed by atoms with Gasteiger partial charge in [0, 0.05) is 24.5 Å². The lowest BCUT2D eigenvalue weighted by Crippen LogP contribution is -2.42. The number of aromatic hydroxyl groups is 1. The van der Waals surface area contributed by atoms with E-state index in [-0.39, 0.29) is 5.41 Å². The maximum atomic E-state index is 12.4. The summed E-state index contributed by atoms with van der Waals surface area (Å²) in [5.74, 6) is 2.60. The molecule has 0 bridgehead atoms. The van der Waals surface area contributed by atoms with Gasteiger partial charge in [-0.1, -0.05) is 6.92 Å². The van der Waals surface area contributed by atoms with Crippen molar-refractivity contribution < 1.29 is 14.6 Å². The molecular weight excluding hydrogens is 288 g/mol. The van der Waals surface area contributed by atoms with E-state index in [1.807, 2.05) is 6.07 Å². The first-order valence-corrected chi connectivity index (χ1v) is 8.91. The SMILES string of the molecule is COCc1cc2c(cc1O)CCC1C2CC[C@]2(C)C(=O)CCC12. The maximum absolute atomic E-state index is 12.4. The Balaban J connectivity index is 1.71. The van der Waals surface area contributed by atoms with Crippen LogP contribution in [0.2, 0.25) is 0 Å². The predicted molar refractivity (Wildman–Crippen MR) is 88.4 cm³/mol. The van der Waals surface area contributed by atoms with E-state index in [0.29, 0.717) is 35.9 Å². The highest BCUT2D eigenvalue weighted by Crippen LogP contribution is 2.59. The van der Waals surface area contributed by atoms with Crippen molar-refractivity contribution in [3.05, 3.63) is 28.8 Å². The van der Waals surface area contributed by atoms with Crippen molar-refractivity contribution in [1.29, 1.82) is 0 Å². The molecule has 3 aliphatic carbocycles. The number of methoxy groups -OCH3 is 1. The zero-order valence-corrected chi connectivity index (χ0v) is 14.1. The van der Waals surface area contributed by atoms with Crippen LogP contribution in [0, 0.1) is 17.3 Å². The van der Waals surface area contributed by atoms with Crippen LogP contribution in [0.3, 0.4) is 0 Å². The minimum Gasteiger partial charge on any atom is -0.508 e. The molecule has 2 saturated carbocycles. The summed E-state index contributed by atoms with van der Waals surface area (Å²) in [5.41, 5.74) is 3.54. The Morgan fingerprint density at radius 1 is 1.26 bits per heavy atom. The molecule has 0 heterocycles. The molecule has 0 spiro atoms. The molecule has 3 heteroatoms. The van der Waals surface area contributed by atoms with E-state index < -0.39 is 0 Å². The average Bonchev–Trinajstić information content (AvgIpc) is 2.84. The van der Waals surface area contributed by atoms with Crippen molar-refractivity contribution >= 4 is 5.78 Å². The first-order valence-electron chi connectivity index (χ1n) is 8.91. The van der Waals surface area contributed by atoms with Crippen LogP contribution in [0.15, 0.2) is 12.1 Å². The smallest absolute Gasteiger partial charge is 0.139 e. The number of phenols is 1. The Bertz CT molecular complexity index is 651. The number of ether oxygens (including phenoxy) is 1. The molecule has 0 aliphatic heterocycles. The summed E-state index contributed by atoms with van der Waals surface area (Å²) in [4.78, 5) is 12.4. The summed E-state index contributed by atoms with van der Waals surface area (Å²) < 4.78 is 5.23. The molecular formula is C20H26O3. The van der Waals surface area contributed by atoms with Gasteiger partial charge in [0.1, 0.15) is 11.5 Å². The molecule has 0 radical (unpaired) electrons. The normalized spacial score (nSPS) is 35.6. The van der Waals surface area contributed by atoms with E-state index >= 15 is 0 Å². The number of Topliss-reactive ketones (excluding diaryl/α,β-unsaturated/α-hetero) is 1. The number of ketones is 1. The molecule has 1 aromatic rings. The van der Waals surface area contributed by atoms with Crippen molar-refractivity contribution in [3.63, 3.8) is 0 Å². The number of benzene rings is 1. The highest BCUT2D eigenvalue weighted by atomic mass is 16.5. The van der Waals surface area contributed by atoms with Gasteiger partial charge in [-0.3, -0.25) is 4.79 Å². The van der Waals surface area contributed by atoms with Gasteiger partial charge in [0.15, 0.2) is 0 Å². The van der Waals surface area contributed by atoms with Crippen LogP contribution >= 0.6 is 0 Å². The minimum absolute atomic E-state index is 0.0645. The number of rotatable bonds is 2. The first-order chi connectivity index (χ1) is 11.0. The molecule has 0 amide bonds. The molecule has 124 valence electrons. The maximum Gasteiger partial charge on any atom is 0.139 e. The summed E-state index contributed by atoms with van der Waals surface area (Å²) in [6.07, 6.45) is 6.17. The monoisotopic (exact) mass is 314 g/mol. The fourth-order valence-corrected chi connectivity index (χ4v) is 5.70. The molecule has 23 heavy (non-hydrogen) atoms. The Morgan fingerprint density at radius 2 is 2.09 bits per heavy atom. The summed E-state index contributed by atoms with van der Waals surface area (Å²) in [7, 11) is 1.66. The lowest BCUT2D eigenvalue weighted by atomic mass is 9.55. The van der Waals surface area contributed by atoms with E-state index in [4.69, 9.17) is 4.74 Å². The van der Waals surface area contributed by atoms with Gasteiger partial charge in [0.2, 0.25) is 0 Å². The van der Waals surface area contributed by atoms with E-state index in [9.17, 15) is 9.90 Å². The van der Waals surface area contributed by atoms with Crippen molar-refractivity contribution in [2.45, 2.75) is 58.0 Å². The van der Waals surface area contributed by atoms with Crippen LogP contribution in [0.5, 0.6) is 5.75 Å². The molecule has 3 aliphatic rings. The number of hydrogen-bond donors (Lipinski definition) is 1. The molecule has 4 atom stereocenters. The second-order valence-electron chi connectivity index (χ2n) is 7.95. The number of hydrogen-bond acceptors (Lipinski definition) is 3. The van der Waals surface area contributed by atoms with Crippen LogP contribution in [0.4, 0.5) is 0 Å². The van der Waals surface area contributed by atoms with Gasteiger partial charge < -0.3 is 9.84 Å². The van der Waals surface area contributed by atoms with Crippen LogP contribution in [-0.4, -0.2) is 18.0 Å². The van der Waals surface area contributed by atoms with Crippen LogP contribution in [-0.2, 0) is 22.6 Å². The van der Waals surface area contributed by atoms with Gasteiger partial charge in [-0.15, -0.1) is 0 Å². The van der Waals surface area contributed by atoms with Gasteiger partial charge in [-0.05, 0) is 73.1 Å². The zero-order valence-electron chi connectivity index (χ0n) is 14.1. The van der Waals surface area contributed by atoms with E-state index in [2.05, 4.69) is 13.0 Å². The summed E-state index contributed by atoms with van der Waals surface area (Å²) in [6.45, 7) is 2.67. The van der Waals surface area contributed by atoms with Crippen molar-refractivity contribution in [1.82, 2.24) is 0 Å². The lowest BCUT2D eigenvalue weighted by molar-refractivity contribution is -0.129. The molecule has 0 aromatic heterocycles. The molecule has 0 saturated heterocycles. The predicted octanol–water partition coefficient (Wildman–Crippen LogP) is 3.96. The van der Waals surface area contributed by atoms with Gasteiger partial charge in [-0.2, -0.15) is 0 Å². The third-order valence-electron chi connectivity index (χ3n) is 6.93. The topological polar surface area (TPSA) is 46.5 Å². The third-order valence-corrected chi connectivity index (χ3v) is 6.93. The quantitative estimate of drug-likeness (QED) is 0.898. The minimum atomic E-state index is -0.0645. The molecule has 1 N–H and O–H groups in total. The summed E-state index contributed by atoms with van der Waals surface area (Å²) >= 11 is 0. The van der Waals surface area contributed by atoms with Crippen LogP contribution in [0.1, 0.15) is 61.6 Å². The number of phenolic OH excluding ortho intramolecular Hbond substituents is 1. The van der Waals surface area contributed by atoms with Crippen molar-refractivity contribution in [3.8, 4) is 5.75 Å². The highest BCUT2D eigenvalue weighted by Gasteiger charge is 2.54. The number of carbonyl (C=O) groups is 1. The average molecular weight is 314 g/mol. The van der Waals surface area contributed by atoms with Crippen LogP contribution in [0.25, 0.3) is 0 Å². The second kappa shape index (κ2) is 5.34. The number of fused-ring (bicyclic) bond motifs is 5. The largest absolute Gasteiger partial charge is 0.508 e. The Hall–Kier alpha value is -1.35. The van der Waals surface area contributed by atoms with Gasteiger partial charge >= 0.3 is 0 Å². The molecule has 3 nitrogen and oxygen atoms in total. The highest BCUT2D eigenvalue weighted by molar-refractivity contribution is 5.87. The standard InChI is InChI=1S/C20H26O3/c1-20-8-7-14-15(17(20)5-6-19(20)22)4-3-12-10-18(21)13(11-23-2)9-16(12)14/h9-10,14-15,17,21H,3-8,11H2,1-2H3/t14?,15?,17?,20-/m0/s1. The molecule has 4 rings (SSSR count). The summed E-state index contributed by atoms with van der Waals surface area (Å²) in [6, 6.07) is 4.12. The lowest BCUT2D eigenvalue weighted by Gasteiger charge is -2.48. The van der Waals surface area contributed by atoms with E-state index in [1.54, 1.807) is 7.11 Å². The molecule has 3 unspecified atom stereocenters. The molecule has 2 fully saturated rings. The van der Waals surface area contributed by atoms with Gasteiger partial charge in [0.05, 0.1) is 6.61 Å². The van der Waals surface area contributed by atoms with E-state index in [1.165, 1.54) is 11.1 Å². The Morgan fingerprint density at radius 3 is 2.87 bits per heavy atom. The Kier molecular flexibility index (Phi) is 3.53. The first kappa shape index (κ1) is 15.2. The Labute approximate surface area is 138 Å². The fraction of sp³-hybridized carbons (Fsp3) is 0.650. The zero-order chi connectivity index (χ0) is 16.2. The fourth-order valence-electron chi connectivity index (χ4n) is 5.70. The van der Waals surface area contributed by atoms with Gasteiger partial charge in [0.25, 0.3) is 0 Å². The van der Waals surface area contributed by atoms with Crippen molar-refractivity contribution in [2.75, 3.05) is 7.11 Å². The number of carbonyl (C=O) groups excluding carboxylic acids is 1. The second-order valence-corrected chi connectivity index (χ2v) is 7.95. The molecule has 1 aromatic carbocycles. The third kappa shape index (κ3) is 2.16. The summed E-state index contributed by atoms with van der Waals surface area (Å²) in [5, 5.41) is 10.2. The van der Waals surface area contributed by atoms with Gasteiger partial charge in [-0.25, -0.2) is 0 Å². The van der Waals surface area contributed by atoms with Crippen LogP contribution < -0.4 is 0 Å². The van der Waals surface area contributed by atoms with Crippen molar-refractivity contribution in [2.24, 2.45) is 17.3 Å². The van der Waals surface area contributed by atoms with E-state index in [0.717, 1.165) is 44.1 Å². The number of aryl methyl sites for hydroxylation is 1.